The highest BCUT2D eigenvalue weighted by Crippen LogP contribution is 2.45. The maximum Gasteiger partial charge on any atom is 0.295 e. The summed E-state index contributed by atoms with van der Waals surface area (Å²) < 4.78 is 18.4. The summed E-state index contributed by atoms with van der Waals surface area (Å²) in [6, 6.07) is 9.68. The van der Waals surface area contributed by atoms with E-state index in [4.69, 9.17) is 14.2 Å². The number of hydrogen-bond acceptors (Lipinski definition) is 7. The van der Waals surface area contributed by atoms with Crippen molar-refractivity contribution < 1.29 is 28.9 Å². The van der Waals surface area contributed by atoms with Crippen LogP contribution in [0.2, 0.25) is 0 Å². The molecule has 188 valence electrons. The lowest BCUT2D eigenvalue weighted by atomic mass is 9.94. The molecule has 36 heavy (non-hydrogen) atoms. The number of aliphatic hydroxyl groups excluding tert-OH is 1. The molecule has 0 spiro atoms. The number of ketones is 1. The van der Waals surface area contributed by atoms with E-state index < -0.39 is 17.7 Å². The van der Waals surface area contributed by atoms with E-state index in [0.29, 0.717) is 41.3 Å². The average molecular weight is 492 g/mol. The van der Waals surface area contributed by atoms with Crippen molar-refractivity contribution in [3.8, 4) is 17.2 Å². The number of Topliss-reactive ketones (excluding diaryl/α,β-unsaturated/α-hetero) is 1. The first kappa shape index (κ1) is 24.8. The van der Waals surface area contributed by atoms with Crippen LogP contribution < -0.4 is 14.2 Å². The number of carbonyl (C=O) groups excluding carboxylic acids is 2. The number of aryl methyl sites for hydroxylation is 2. The number of aromatic nitrogens is 2. The maximum atomic E-state index is 13.3. The quantitative estimate of drug-likeness (QED) is 0.276. The molecule has 0 saturated carbocycles. The van der Waals surface area contributed by atoms with Crippen LogP contribution in [0, 0.1) is 6.92 Å². The van der Waals surface area contributed by atoms with Crippen LogP contribution in [0.15, 0.2) is 60.7 Å². The maximum absolute atomic E-state index is 13.3. The van der Waals surface area contributed by atoms with Gasteiger partial charge in [0.2, 0.25) is 5.75 Å². The molecule has 1 saturated heterocycles. The number of amides is 1. The smallest absolute Gasteiger partial charge is 0.295 e. The van der Waals surface area contributed by atoms with E-state index in [0.717, 1.165) is 5.56 Å². The number of nitrogens with zero attached hydrogens (tertiary/aromatic N) is 3. The molecule has 4 rings (SSSR count). The Bertz CT molecular complexity index is 1260. The highest BCUT2D eigenvalue weighted by molar-refractivity contribution is 6.46. The predicted octanol–water partition coefficient (Wildman–Crippen LogP) is 3.73. The molecule has 0 unspecified atom stereocenters. The lowest BCUT2D eigenvalue weighted by Crippen LogP contribution is -2.31. The Morgan fingerprint density at radius 3 is 2.22 bits per heavy atom. The van der Waals surface area contributed by atoms with Gasteiger partial charge in [-0.3, -0.25) is 9.59 Å². The summed E-state index contributed by atoms with van der Waals surface area (Å²) >= 11 is 0. The predicted molar refractivity (Wildman–Crippen MR) is 133 cm³/mol. The van der Waals surface area contributed by atoms with Gasteiger partial charge in [-0.25, -0.2) is 4.98 Å². The largest absolute Gasteiger partial charge is 0.507 e. The number of imidazole rings is 1. The lowest BCUT2D eigenvalue weighted by Gasteiger charge is -2.26. The van der Waals surface area contributed by atoms with Crippen LogP contribution in [0.5, 0.6) is 17.2 Å². The van der Waals surface area contributed by atoms with Gasteiger partial charge in [-0.2, -0.15) is 0 Å². The molecule has 2 heterocycles. The molecule has 1 aromatic heterocycles. The van der Waals surface area contributed by atoms with Crippen LogP contribution in [-0.4, -0.2) is 59.1 Å². The first-order valence-corrected chi connectivity index (χ1v) is 11.5. The van der Waals surface area contributed by atoms with E-state index >= 15 is 0 Å². The molecule has 9 nitrogen and oxygen atoms in total. The van der Waals surface area contributed by atoms with Crippen molar-refractivity contribution in [2.24, 2.45) is 0 Å². The molecule has 1 aliphatic rings. The Kier molecular flexibility index (Phi) is 7.28. The minimum atomic E-state index is -0.845. The first-order valence-electron chi connectivity index (χ1n) is 11.5. The van der Waals surface area contributed by atoms with Gasteiger partial charge in [0.15, 0.2) is 11.5 Å². The summed E-state index contributed by atoms with van der Waals surface area (Å²) in [7, 11) is 4.49. The van der Waals surface area contributed by atoms with Crippen LogP contribution in [0.1, 0.15) is 29.2 Å². The van der Waals surface area contributed by atoms with Gasteiger partial charge in [-0.1, -0.05) is 29.8 Å². The SMILES string of the molecule is COc1cc([C@H]2/C(=C(\O)c3ccc(C)cc3)C(=O)C(=O)N2CCCn2ccnc2)cc(OC)c1OC. The number of likely N-dealkylation sites (tertiary alicyclic amines) is 1. The molecule has 1 amide bonds. The molecule has 1 atom stereocenters. The van der Waals surface area contributed by atoms with Crippen molar-refractivity contribution in [2.45, 2.75) is 25.9 Å². The zero-order valence-corrected chi connectivity index (χ0v) is 20.7. The fourth-order valence-electron chi connectivity index (χ4n) is 4.43. The highest BCUT2D eigenvalue weighted by Gasteiger charge is 2.46. The Labute approximate surface area is 209 Å². The average Bonchev–Trinajstić information content (AvgIpc) is 3.50. The van der Waals surface area contributed by atoms with Crippen molar-refractivity contribution >= 4 is 17.4 Å². The second-order valence-electron chi connectivity index (χ2n) is 8.47. The van der Waals surface area contributed by atoms with Crippen LogP contribution >= 0.6 is 0 Å². The molecule has 2 aromatic carbocycles. The van der Waals surface area contributed by atoms with E-state index in [1.54, 1.807) is 36.8 Å². The summed E-state index contributed by atoms with van der Waals surface area (Å²) in [6.07, 6.45) is 5.79. The number of carbonyl (C=O) groups is 2. The standard InChI is InChI=1S/C27H29N3O6/c1-17-6-8-18(9-7-17)24(31)22-23(19-14-20(34-2)26(36-4)21(15-19)35-3)30(27(33)25(22)32)12-5-11-29-13-10-28-16-29/h6-10,13-16,23,31H,5,11-12H2,1-4H3/b24-22+/t23-/m0/s1. The van der Waals surface area contributed by atoms with Crippen molar-refractivity contribution in [1.82, 2.24) is 14.5 Å². The van der Waals surface area contributed by atoms with Gasteiger partial charge < -0.3 is 28.8 Å². The minimum Gasteiger partial charge on any atom is -0.507 e. The molecule has 0 aliphatic carbocycles. The monoisotopic (exact) mass is 491 g/mol. The van der Waals surface area contributed by atoms with E-state index in [-0.39, 0.29) is 17.9 Å². The summed E-state index contributed by atoms with van der Waals surface area (Å²) in [5, 5.41) is 11.3. The van der Waals surface area contributed by atoms with Gasteiger partial charge in [0.1, 0.15) is 5.76 Å². The van der Waals surface area contributed by atoms with Gasteiger partial charge in [-0.05, 0) is 31.0 Å². The van der Waals surface area contributed by atoms with Crippen molar-refractivity contribution in [3.63, 3.8) is 0 Å². The van der Waals surface area contributed by atoms with E-state index in [1.807, 2.05) is 29.8 Å². The number of rotatable bonds is 9. The molecule has 0 bridgehead atoms. The normalized spacial score (nSPS) is 16.9. The molecule has 1 fully saturated rings. The van der Waals surface area contributed by atoms with Gasteiger partial charge in [0.25, 0.3) is 11.7 Å². The number of methoxy groups -OCH3 is 3. The zero-order valence-electron chi connectivity index (χ0n) is 20.7. The molecule has 3 aromatic rings. The highest BCUT2D eigenvalue weighted by atomic mass is 16.5. The number of hydrogen-bond donors (Lipinski definition) is 1. The zero-order chi connectivity index (χ0) is 25.8. The third-order valence-electron chi connectivity index (χ3n) is 6.24. The Balaban J connectivity index is 1.83. The van der Waals surface area contributed by atoms with Crippen LogP contribution in [0.3, 0.4) is 0 Å². The van der Waals surface area contributed by atoms with Crippen LogP contribution in [0.4, 0.5) is 0 Å². The van der Waals surface area contributed by atoms with Gasteiger partial charge in [0, 0.05) is 31.0 Å². The second-order valence-corrected chi connectivity index (χ2v) is 8.47. The summed E-state index contributed by atoms with van der Waals surface area (Å²) in [5.41, 5.74) is 2.03. The Morgan fingerprint density at radius 2 is 1.67 bits per heavy atom. The molecule has 9 heteroatoms. The molecule has 0 radical (unpaired) electrons. The molecular weight excluding hydrogens is 462 g/mol. The summed E-state index contributed by atoms with van der Waals surface area (Å²) in [5.74, 6) is -0.497. The summed E-state index contributed by atoms with van der Waals surface area (Å²) in [4.78, 5) is 32.1. The second kappa shape index (κ2) is 10.6. The third kappa shape index (κ3) is 4.64. The van der Waals surface area contributed by atoms with Crippen LogP contribution in [0.25, 0.3) is 5.76 Å². The molecule has 1 aliphatic heterocycles. The number of benzene rings is 2. The third-order valence-corrected chi connectivity index (χ3v) is 6.24. The Hall–Kier alpha value is -4.27. The fraction of sp³-hybridized carbons (Fsp3) is 0.296. The van der Waals surface area contributed by atoms with Crippen molar-refractivity contribution in [1.29, 1.82) is 0 Å². The minimum absolute atomic E-state index is 0.0146. The van der Waals surface area contributed by atoms with Crippen molar-refractivity contribution in [3.05, 3.63) is 77.4 Å². The van der Waals surface area contributed by atoms with Crippen LogP contribution in [-0.2, 0) is 16.1 Å². The number of ether oxygens (including phenoxy) is 3. The van der Waals surface area contributed by atoms with E-state index in [1.165, 1.54) is 26.2 Å². The molecule has 1 N–H and O–H groups in total. The Morgan fingerprint density at radius 1 is 1.00 bits per heavy atom. The first-order chi connectivity index (χ1) is 17.4. The van der Waals surface area contributed by atoms with Crippen molar-refractivity contribution in [2.75, 3.05) is 27.9 Å². The molecular formula is C27H29N3O6. The fourth-order valence-corrected chi connectivity index (χ4v) is 4.43. The van der Waals surface area contributed by atoms with E-state index in [9.17, 15) is 14.7 Å². The van der Waals surface area contributed by atoms with E-state index in [2.05, 4.69) is 4.98 Å². The summed E-state index contributed by atoms with van der Waals surface area (Å²) in [6.45, 7) is 2.83. The lowest BCUT2D eigenvalue weighted by molar-refractivity contribution is -0.139. The van der Waals surface area contributed by atoms with Gasteiger partial charge in [-0.15, -0.1) is 0 Å². The topological polar surface area (TPSA) is 103 Å². The van der Waals surface area contributed by atoms with Gasteiger partial charge >= 0.3 is 0 Å². The number of aliphatic hydroxyl groups is 1. The van der Waals surface area contributed by atoms with Gasteiger partial charge in [0.05, 0.1) is 39.3 Å².